The Morgan fingerprint density at radius 3 is 2.83 bits per heavy atom. The smallest absolute Gasteiger partial charge is 0.265 e. The molecule has 29 heavy (non-hydrogen) atoms. The number of hydrogen-bond donors (Lipinski definition) is 3. The number of oxime groups is 1. The fourth-order valence-electron chi connectivity index (χ4n) is 3.31. The number of anilines is 2. The standard InChI is InChI=1S/C18H19N7O4/c1-2-25-16-12(8-22-25)15(23-10-3-4-28-9-10)11(7-21-16)13-5-18(17(20)27,29-24-13)6-14(19)26/h3-4,7-9H,2,5-6H2,1H3,(H2,19,26)(H2,20,27)(H,21,23). The lowest BCUT2D eigenvalue weighted by molar-refractivity contribution is -0.145. The van der Waals surface area contributed by atoms with Gasteiger partial charge in [-0.1, -0.05) is 5.16 Å². The van der Waals surface area contributed by atoms with Crippen LogP contribution in [0, 0.1) is 0 Å². The molecule has 1 aliphatic rings. The Morgan fingerprint density at radius 2 is 2.17 bits per heavy atom. The summed E-state index contributed by atoms with van der Waals surface area (Å²) in [7, 11) is 0. The second-order valence-electron chi connectivity index (χ2n) is 6.69. The number of amides is 2. The molecule has 3 aromatic heterocycles. The second-order valence-corrected chi connectivity index (χ2v) is 6.69. The van der Waals surface area contributed by atoms with Gasteiger partial charge in [0.25, 0.3) is 5.91 Å². The van der Waals surface area contributed by atoms with Gasteiger partial charge in [0, 0.05) is 24.7 Å². The Bertz CT molecular complexity index is 1120. The molecule has 0 bridgehead atoms. The van der Waals surface area contributed by atoms with Crippen LogP contribution in [0.15, 0.2) is 40.6 Å². The number of carbonyl (C=O) groups excluding carboxylic acids is 2. The highest BCUT2D eigenvalue weighted by Gasteiger charge is 2.47. The molecule has 0 spiro atoms. The summed E-state index contributed by atoms with van der Waals surface area (Å²) >= 11 is 0. The quantitative estimate of drug-likeness (QED) is 0.535. The van der Waals surface area contributed by atoms with Gasteiger partial charge < -0.3 is 26.0 Å². The van der Waals surface area contributed by atoms with Gasteiger partial charge >= 0.3 is 0 Å². The van der Waals surface area contributed by atoms with Crippen LogP contribution in [0.4, 0.5) is 11.4 Å². The van der Waals surface area contributed by atoms with Crippen LogP contribution in [0.5, 0.6) is 0 Å². The van der Waals surface area contributed by atoms with Crippen molar-refractivity contribution in [2.45, 2.75) is 31.9 Å². The van der Waals surface area contributed by atoms with Crippen molar-refractivity contribution < 1.29 is 18.8 Å². The molecule has 0 aromatic carbocycles. The molecular formula is C18H19N7O4. The zero-order chi connectivity index (χ0) is 20.6. The van der Waals surface area contributed by atoms with Gasteiger partial charge in [0.15, 0.2) is 5.65 Å². The van der Waals surface area contributed by atoms with Crippen molar-refractivity contribution in [3.8, 4) is 0 Å². The highest BCUT2D eigenvalue weighted by atomic mass is 16.7. The number of nitrogens with two attached hydrogens (primary N) is 2. The van der Waals surface area contributed by atoms with E-state index in [1.54, 1.807) is 29.4 Å². The number of nitrogens with zero attached hydrogens (tertiary/aromatic N) is 4. The summed E-state index contributed by atoms with van der Waals surface area (Å²) in [6.07, 6.45) is 6.01. The lowest BCUT2D eigenvalue weighted by atomic mass is 9.90. The van der Waals surface area contributed by atoms with E-state index in [-0.39, 0.29) is 12.8 Å². The molecule has 150 valence electrons. The Labute approximate surface area is 164 Å². The first-order chi connectivity index (χ1) is 13.9. The highest BCUT2D eigenvalue weighted by molar-refractivity contribution is 6.13. The van der Waals surface area contributed by atoms with Crippen LogP contribution in [0.3, 0.4) is 0 Å². The van der Waals surface area contributed by atoms with Gasteiger partial charge in [-0.05, 0) is 13.0 Å². The van der Waals surface area contributed by atoms with E-state index in [1.165, 1.54) is 6.26 Å². The zero-order valence-electron chi connectivity index (χ0n) is 15.6. The summed E-state index contributed by atoms with van der Waals surface area (Å²) in [5.74, 6) is -1.53. The van der Waals surface area contributed by atoms with E-state index in [4.69, 9.17) is 20.7 Å². The summed E-state index contributed by atoms with van der Waals surface area (Å²) in [5.41, 5.74) is 12.2. The summed E-state index contributed by atoms with van der Waals surface area (Å²) in [6, 6.07) is 1.76. The maximum absolute atomic E-state index is 12.0. The number of pyridine rings is 1. The molecule has 5 N–H and O–H groups in total. The summed E-state index contributed by atoms with van der Waals surface area (Å²) in [4.78, 5) is 33.2. The second kappa shape index (κ2) is 6.93. The van der Waals surface area contributed by atoms with Crippen molar-refractivity contribution in [2.24, 2.45) is 16.6 Å². The largest absolute Gasteiger partial charge is 0.470 e. The van der Waals surface area contributed by atoms with E-state index in [0.717, 1.165) is 5.39 Å². The number of aromatic nitrogens is 3. The molecular weight excluding hydrogens is 378 g/mol. The van der Waals surface area contributed by atoms with Gasteiger partial charge in [-0.15, -0.1) is 0 Å². The SMILES string of the molecule is CCn1ncc2c(Nc3ccoc3)c(C3=NOC(CC(N)=O)(C(N)=O)C3)cnc21. The van der Waals surface area contributed by atoms with E-state index in [1.807, 2.05) is 6.92 Å². The minimum absolute atomic E-state index is 0.0135. The van der Waals surface area contributed by atoms with E-state index in [9.17, 15) is 9.59 Å². The molecule has 4 rings (SSSR count). The third-order valence-corrected chi connectivity index (χ3v) is 4.76. The fraction of sp³-hybridized carbons (Fsp3) is 0.278. The first-order valence-corrected chi connectivity index (χ1v) is 8.91. The molecule has 2 amide bonds. The van der Waals surface area contributed by atoms with Crippen molar-refractivity contribution in [3.63, 3.8) is 0 Å². The van der Waals surface area contributed by atoms with Crippen LogP contribution in [-0.2, 0) is 21.0 Å². The van der Waals surface area contributed by atoms with Crippen molar-refractivity contribution >= 4 is 39.9 Å². The van der Waals surface area contributed by atoms with Crippen LogP contribution in [0.2, 0.25) is 0 Å². The average Bonchev–Trinajstić information content (AvgIpc) is 3.41. The van der Waals surface area contributed by atoms with Gasteiger partial charge in [0.05, 0.1) is 41.4 Å². The Kier molecular flexibility index (Phi) is 4.41. The monoisotopic (exact) mass is 397 g/mol. The number of carbonyl (C=O) groups is 2. The number of primary amides is 2. The molecule has 11 nitrogen and oxygen atoms in total. The summed E-state index contributed by atoms with van der Waals surface area (Å²) in [6.45, 7) is 2.61. The third kappa shape index (κ3) is 3.16. The normalized spacial score (nSPS) is 18.4. The highest BCUT2D eigenvalue weighted by Crippen LogP contribution is 2.35. The van der Waals surface area contributed by atoms with Crippen molar-refractivity contribution in [1.29, 1.82) is 0 Å². The minimum atomic E-state index is -1.61. The maximum Gasteiger partial charge on any atom is 0.265 e. The molecule has 1 aliphatic heterocycles. The molecule has 0 radical (unpaired) electrons. The molecule has 0 saturated carbocycles. The number of nitrogens with one attached hydrogen (secondary N) is 1. The summed E-state index contributed by atoms with van der Waals surface area (Å²) in [5, 5.41) is 12.4. The molecule has 0 aliphatic carbocycles. The number of rotatable bonds is 7. The molecule has 3 aromatic rings. The van der Waals surface area contributed by atoms with E-state index in [0.29, 0.717) is 34.8 Å². The van der Waals surface area contributed by atoms with Crippen LogP contribution < -0.4 is 16.8 Å². The van der Waals surface area contributed by atoms with Gasteiger partial charge in [0.2, 0.25) is 11.5 Å². The van der Waals surface area contributed by atoms with Crippen molar-refractivity contribution in [3.05, 3.63) is 36.5 Å². The first-order valence-electron chi connectivity index (χ1n) is 8.91. The molecule has 0 fully saturated rings. The van der Waals surface area contributed by atoms with Gasteiger partial charge in [-0.25, -0.2) is 9.67 Å². The Balaban J connectivity index is 1.79. The van der Waals surface area contributed by atoms with Crippen LogP contribution >= 0.6 is 0 Å². The number of fused-ring (bicyclic) bond motifs is 1. The molecule has 0 saturated heterocycles. The van der Waals surface area contributed by atoms with Gasteiger partial charge in [-0.3, -0.25) is 9.59 Å². The molecule has 1 atom stereocenters. The summed E-state index contributed by atoms with van der Waals surface area (Å²) < 4.78 is 6.89. The van der Waals surface area contributed by atoms with Crippen LogP contribution in [0.1, 0.15) is 25.3 Å². The van der Waals surface area contributed by atoms with E-state index in [2.05, 4.69) is 20.6 Å². The first kappa shape index (κ1) is 18.5. The minimum Gasteiger partial charge on any atom is -0.470 e. The van der Waals surface area contributed by atoms with Crippen molar-refractivity contribution in [2.75, 3.05) is 5.32 Å². The predicted molar refractivity (Wildman–Crippen MR) is 103 cm³/mol. The number of aryl methyl sites for hydroxylation is 1. The number of furan rings is 1. The topological polar surface area (TPSA) is 164 Å². The van der Waals surface area contributed by atoms with Crippen LogP contribution in [0.25, 0.3) is 11.0 Å². The molecule has 1 unspecified atom stereocenters. The van der Waals surface area contributed by atoms with Crippen LogP contribution in [-0.4, -0.2) is 37.9 Å². The molecule has 4 heterocycles. The number of hydrogen-bond acceptors (Lipinski definition) is 8. The Morgan fingerprint density at radius 1 is 1.34 bits per heavy atom. The van der Waals surface area contributed by atoms with E-state index >= 15 is 0 Å². The lowest BCUT2D eigenvalue weighted by Gasteiger charge is -2.21. The molecule has 11 heteroatoms. The zero-order valence-corrected chi connectivity index (χ0v) is 15.6. The average molecular weight is 397 g/mol. The predicted octanol–water partition coefficient (Wildman–Crippen LogP) is 1.01. The Hall–Kier alpha value is -3.89. The third-order valence-electron chi connectivity index (χ3n) is 4.76. The van der Waals surface area contributed by atoms with Crippen molar-refractivity contribution in [1.82, 2.24) is 14.8 Å². The fourth-order valence-corrected chi connectivity index (χ4v) is 3.31. The van der Waals surface area contributed by atoms with E-state index < -0.39 is 17.4 Å². The maximum atomic E-state index is 12.0. The lowest BCUT2D eigenvalue weighted by Crippen LogP contribution is -2.47. The van der Waals surface area contributed by atoms with Gasteiger partial charge in [0.1, 0.15) is 6.26 Å². The van der Waals surface area contributed by atoms with Gasteiger partial charge in [-0.2, -0.15) is 5.10 Å².